The quantitative estimate of drug-likeness (QED) is 0.699. The Labute approximate surface area is 86.4 Å². The van der Waals surface area contributed by atoms with Crippen molar-refractivity contribution in [2.24, 2.45) is 0 Å². The highest BCUT2D eigenvalue weighted by molar-refractivity contribution is 7.99. The Balaban J connectivity index is 2.24. The van der Waals surface area contributed by atoms with Gasteiger partial charge in [0.2, 0.25) is 0 Å². The van der Waals surface area contributed by atoms with Crippen LogP contribution in [-0.2, 0) is 0 Å². The van der Waals surface area contributed by atoms with Crippen molar-refractivity contribution in [2.75, 3.05) is 12.8 Å². The molecule has 1 fully saturated rings. The lowest BCUT2D eigenvalue weighted by Gasteiger charge is -2.18. The van der Waals surface area contributed by atoms with Gasteiger partial charge in [-0.2, -0.15) is 11.8 Å². The molecule has 0 aromatic rings. The second-order valence-electron chi connectivity index (χ2n) is 4.00. The van der Waals surface area contributed by atoms with Crippen molar-refractivity contribution in [3.63, 3.8) is 0 Å². The van der Waals surface area contributed by atoms with Crippen LogP contribution in [0.3, 0.4) is 0 Å². The molecule has 76 valence electrons. The summed E-state index contributed by atoms with van der Waals surface area (Å²) in [7, 11) is 0. The molecule has 0 radical (unpaired) electrons. The molecule has 0 aromatic carbocycles. The maximum absolute atomic E-state index is 3.62. The summed E-state index contributed by atoms with van der Waals surface area (Å²) in [6, 6.07) is 0.755. The molecule has 13 heavy (non-hydrogen) atoms. The maximum atomic E-state index is 3.62. The van der Waals surface area contributed by atoms with Gasteiger partial charge in [0.1, 0.15) is 0 Å². The van der Waals surface area contributed by atoms with E-state index in [1.165, 1.54) is 24.8 Å². The molecule has 0 aliphatic heterocycles. The largest absolute Gasteiger partial charge is 0.309 e. The van der Waals surface area contributed by atoms with Crippen molar-refractivity contribution in [3.05, 3.63) is 11.6 Å². The first-order chi connectivity index (χ1) is 6.24. The number of thioether (sulfide) groups is 1. The Morgan fingerprint density at radius 3 is 2.85 bits per heavy atom. The van der Waals surface area contributed by atoms with E-state index in [2.05, 4.69) is 31.5 Å². The SMILES string of the molecule is CSC1CCCC1NCC=C(C)C. The lowest BCUT2D eigenvalue weighted by Crippen LogP contribution is -2.34. The van der Waals surface area contributed by atoms with Gasteiger partial charge in [-0.1, -0.05) is 18.1 Å². The van der Waals surface area contributed by atoms with Crippen LogP contribution in [0.25, 0.3) is 0 Å². The summed E-state index contributed by atoms with van der Waals surface area (Å²) in [4.78, 5) is 0. The van der Waals surface area contributed by atoms with Gasteiger partial charge in [-0.3, -0.25) is 0 Å². The molecule has 1 nitrogen and oxygen atoms in total. The minimum Gasteiger partial charge on any atom is -0.309 e. The van der Waals surface area contributed by atoms with E-state index in [4.69, 9.17) is 0 Å². The maximum Gasteiger partial charge on any atom is 0.0198 e. The van der Waals surface area contributed by atoms with Crippen LogP contribution in [0, 0.1) is 0 Å². The van der Waals surface area contributed by atoms with Crippen LogP contribution in [0.4, 0.5) is 0 Å². The fourth-order valence-corrected chi connectivity index (χ4v) is 2.82. The van der Waals surface area contributed by atoms with Crippen LogP contribution in [0.1, 0.15) is 33.1 Å². The fourth-order valence-electron chi connectivity index (χ4n) is 1.86. The number of hydrogen-bond acceptors (Lipinski definition) is 2. The topological polar surface area (TPSA) is 12.0 Å². The Morgan fingerprint density at radius 1 is 1.46 bits per heavy atom. The van der Waals surface area contributed by atoms with Crippen molar-refractivity contribution >= 4 is 11.8 Å². The first-order valence-corrected chi connectivity index (χ1v) is 6.42. The molecule has 1 aliphatic rings. The molecule has 2 unspecified atom stereocenters. The third-order valence-corrected chi connectivity index (χ3v) is 3.82. The average molecular weight is 199 g/mol. The van der Waals surface area contributed by atoms with Gasteiger partial charge in [0.25, 0.3) is 0 Å². The Hall–Kier alpha value is 0.0500. The molecule has 2 heteroatoms. The van der Waals surface area contributed by atoms with E-state index in [1.807, 2.05) is 11.8 Å². The highest BCUT2D eigenvalue weighted by Crippen LogP contribution is 2.28. The van der Waals surface area contributed by atoms with Crippen molar-refractivity contribution in [1.29, 1.82) is 0 Å². The van der Waals surface area contributed by atoms with Gasteiger partial charge in [-0.25, -0.2) is 0 Å². The molecule has 1 aliphatic carbocycles. The van der Waals surface area contributed by atoms with Crippen molar-refractivity contribution in [2.45, 2.75) is 44.4 Å². The predicted octanol–water partition coefficient (Wildman–Crippen LogP) is 2.83. The summed E-state index contributed by atoms with van der Waals surface area (Å²) >= 11 is 2.02. The van der Waals surface area contributed by atoms with Crippen molar-refractivity contribution < 1.29 is 0 Å². The fraction of sp³-hybridized carbons (Fsp3) is 0.818. The van der Waals surface area contributed by atoms with E-state index in [-0.39, 0.29) is 0 Å². The van der Waals surface area contributed by atoms with Gasteiger partial charge in [0.15, 0.2) is 0 Å². The van der Waals surface area contributed by atoms with Gasteiger partial charge in [-0.05, 0) is 32.9 Å². The molecule has 1 N–H and O–H groups in total. The number of allylic oxidation sites excluding steroid dienone is 1. The van der Waals surface area contributed by atoms with E-state index >= 15 is 0 Å². The lowest BCUT2D eigenvalue weighted by molar-refractivity contribution is 0.565. The molecule has 1 rings (SSSR count). The van der Waals surface area contributed by atoms with E-state index in [0.717, 1.165) is 17.8 Å². The van der Waals surface area contributed by atoms with Gasteiger partial charge >= 0.3 is 0 Å². The first kappa shape index (κ1) is 11.1. The van der Waals surface area contributed by atoms with Gasteiger partial charge in [0, 0.05) is 17.8 Å². The summed E-state index contributed by atoms with van der Waals surface area (Å²) in [6.07, 6.45) is 8.66. The van der Waals surface area contributed by atoms with Crippen molar-refractivity contribution in [1.82, 2.24) is 5.32 Å². The van der Waals surface area contributed by atoms with Gasteiger partial charge in [-0.15, -0.1) is 0 Å². The highest BCUT2D eigenvalue weighted by atomic mass is 32.2. The molecular weight excluding hydrogens is 178 g/mol. The zero-order valence-corrected chi connectivity index (χ0v) is 9.79. The third-order valence-electron chi connectivity index (χ3n) is 2.65. The zero-order valence-electron chi connectivity index (χ0n) is 8.97. The van der Waals surface area contributed by atoms with Gasteiger partial charge in [0.05, 0.1) is 0 Å². The number of nitrogens with one attached hydrogen (secondary N) is 1. The second kappa shape index (κ2) is 5.71. The molecular formula is C11H21NS. The van der Waals surface area contributed by atoms with E-state index in [9.17, 15) is 0 Å². The third kappa shape index (κ3) is 3.74. The van der Waals surface area contributed by atoms with Crippen molar-refractivity contribution in [3.8, 4) is 0 Å². The van der Waals surface area contributed by atoms with Crippen LogP contribution >= 0.6 is 11.8 Å². The normalized spacial score (nSPS) is 27.6. The lowest BCUT2D eigenvalue weighted by atomic mass is 10.2. The summed E-state index contributed by atoms with van der Waals surface area (Å²) in [6.45, 7) is 5.36. The highest BCUT2D eigenvalue weighted by Gasteiger charge is 2.25. The smallest absolute Gasteiger partial charge is 0.0198 e. The molecule has 0 bridgehead atoms. The summed E-state index contributed by atoms with van der Waals surface area (Å²) in [5.41, 5.74) is 1.41. The number of rotatable bonds is 4. The van der Waals surface area contributed by atoms with E-state index in [0.29, 0.717) is 0 Å². The van der Waals surface area contributed by atoms with Crippen LogP contribution in [0.5, 0.6) is 0 Å². The minimum absolute atomic E-state index is 0.755. The van der Waals surface area contributed by atoms with Crippen LogP contribution < -0.4 is 5.32 Å². The molecule has 0 spiro atoms. The Kier molecular flexibility index (Phi) is 4.89. The summed E-state index contributed by atoms with van der Waals surface area (Å²) in [5.74, 6) is 0. The molecule has 2 atom stereocenters. The molecule has 0 amide bonds. The average Bonchev–Trinajstić information content (AvgIpc) is 2.51. The second-order valence-corrected chi connectivity index (χ2v) is 5.08. The van der Waals surface area contributed by atoms with Crippen LogP contribution in [0.15, 0.2) is 11.6 Å². The summed E-state index contributed by atoms with van der Waals surface area (Å²) in [5, 5.41) is 4.47. The number of hydrogen-bond donors (Lipinski definition) is 1. The van der Waals surface area contributed by atoms with E-state index in [1.54, 1.807) is 0 Å². The molecule has 0 aromatic heterocycles. The Bertz CT molecular complexity index is 173. The van der Waals surface area contributed by atoms with Crippen LogP contribution in [-0.4, -0.2) is 24.1 Å². The molecule has 0 saturated heterocycles. The monoisotopic (exact) mass is 199 g/mol. The zero-order chi connectivity index (χ0) is 9.68. The Morgan fingerprint density at radius 2 is 2.23 bits per heavy atom. The summed E-state index contributed by atoms with van der Waals surface area (Å²) < 4.78 is 0. The predicted molar refractivity (Wildman–Crippen MR) is 62.4 cm³/mol. The van der Waals surface area contributed by atoms with Crippen LogP contribution in [0.2, 0.25) is 0 Å². The molecule has 1 saturated carbocycles. The standard InChI is InChI=1S/C11H21NS/c1-9(2)7-8-12-10-5-4-6-11(10)13-3/h7,10-12H,4-6,8H2,1-3H3. The first-order valence-electron chi connectivity index (χ1n) is 5.13. The molecule has 0 heterocycles. The van der Waals surface area contributed by atoms with E-state index < -0.39 is 0 Å². The van der Waals surface area contributed by atoms with Gasteiger partial charge < -0.3 is 5.32 Å². The minimum atomic E-state index is 0.755.